The van der Waals surface area contributed by atoms with E-state index < -0.39 is 0 Å². The van der Waals surface area contributed by atoms with E-state index in [2.05, 4.69) is 5.32 Å². The Balaban J connectivity index is 2.32. The van der Waals surface area contributed by atoms with Crippen molar-refractivity contribution >= 4 is 6.29 Å². The van der Waals surface area contributed by atoms with Gasteiger partial charge in [0.2, 0.25) is 0 Å². The molecular weight excluding hydrogens is 116 g/mol. The highest BCUT2D eigenvalue weighted by Gasteiger charge is 2.19. The molecule has 1 heterocycles. The molecule has 0 aromatic carbocycles. The first-order valence-corrected chi connectivity index (χ1v) is 3.29. The average Bonchev–Trinajstić information content (AvgIpc) is 2.37. The lowest BCUT2D eigenvalue weighted by atomic mass is 10.1. The maximum atomic E-state index is 10.1. The van der Waals surface area contributed by atoms with Crippen molar-refractivity contribution < 1.29 is 4.79 Å². The molecule has 3 heteroatoms. The van der Waals surface area contributed by atoms with E-state index in [1.165, 1.54) is 0 Å². The van der Waals surface area contributed by atoms with Crippen molar-refractivity contribution in [3.05, 3.63) is 0 Å². The van der Waals surface area contributed by atoms with Gasteiger partial charge in [0, 0.05) is 6.04 Å². The Bertz CT molecular complexity index is 99.2. The van der Waals surface area contributed by atoms with Gasteiger partial charge in [0.05, 0.1) is 6.04 Å². The number of rotatable bonds is 2. The highest BCUT2D eigenvalue weighted by molar-refractivity contribution is 5.58. The third kappa shape index (κ3) is 1.50. The molecule has 1 saturated heterocycles. The van der Waals surface area contributed by atoms with Gasteiger partial charge in [-0.1, -0.05) is 0 Å². The van der Waals surface area contributed by atoms with E-state index in [0.717, 1.165) is 25.7 Å². The summed E-state index contributed by atoms with van der Waals surface area (Å²) in [6.07, 6.45) is 3.00. The summed E-state index contributed by atoms with van der Waals surface area (Å²) < 4.78 is 0. The third-order valence-corrected chi connectivity index (χ3v) is 1.72. The second kappa shape index (κ2) is 2.94. The average molecular weight is 128 g/mol. The number of aldehydes is 1. The quantitative estimate of drug-likeness (QED) is 0.482. The standard InChI is InChI=1S/C6H12N2O/c7-5(4-9)6-2-1-3-8-6/h4-6,8H,1-3,7H2/t5-,6?/m1/s1. The molecular formula is C6H12N2O. The van der Waals surface area contributed by atoms with Gasteiger partial charge in [0.1, 0.15) is 6.29 Å². The summed E-state index contributed by atoms with van der Waals surface area (Å²) in [6.45, 7) is 1.01. The number of carbonyl (C=O) groups excluding carboxylic acids is 1. The largest absolute Gasteiger partial charge is 0.320 e. The maximum Gasteiger partial charge on any atom is 0.138 e. The Kier molecular flexibility index (Phi) is 2.19. The van der Waals surface area contributed by atoms with Gasteiger partial charge in [-0.25, -0.2) is 0 Å². The number of hydrogen-bond acceptors (Lipinski definition) is 3. The minimum atomic E-state index is -0.299. The van der Waals surface area contributed by atoms with Crippen molar-refractivity contribution in [2.24, 2.45) is 5.73 Å². The zero-order chi connectivity index (χ0) is 6.69. The predicted octanol–water partition coefficient (Wildman–Crippen LogP) is -0.735. The molecule has 0 spiro atoms. The van der Waals surface area contributed by atoms with Crippen LogP contribution in [0.25, 0.3) is 0 Å². The molecule has 2 atom stereocenters. The third-order valence-electron chi connectivity index (χ3n) is 1.72. The Morgan fingerprint density at radius 2 is 2.56 bits per heavy atom. The number of nitrogens with one attached hydrogen (secondary N) is 1. The lowest BCUT2D eigenvalue weighted by Gasteiger charge is -2.11. The first-order chi connectivity index (χ1) is 4.34. The van der Waals surface area contributed by atoms with Crippen molar-refractivity contribution in [3.8, 4) is 0 Å². The molecule has 1 aliphatic heterocycles. The van der Waals surface area contributed by atoms with Crippen LogP contribution in [-0.4, -0.2) is 24.9 Å². The van der Waals surface area contributed by atoms with E-state index in [4.69, 9.17) is 5.73 Å². The topological polar surface area (TPSA) is 55.1 Å². The maximum absolute atomic E-state index is 10.1. The fourth-order valence-corrected chi connectivity index (χ4v) is 1.13. The van der Waals surface area contributed by atoms with Gasteiger partial charge >= 0.3 is 0 Å². The van der Waals surface area contributed by atoms with Crippen LogP contribution in [0.3, 0.4) is 0 Å². The Morgan fingerprint density at radius 3 is 3.00 bits per heavy atom. The molecule has 0 amide bonds. The molecule has 9 heavy (non-hydrogen) atoms. The van der Waals surface area contributed by atoms with E-state index >= 15 is 0 Å². The van der Waals surface area contributed by atoms with Crippen LogP contribution in [0.15, 0.2) is 0 Å². The molecule has 1 aliphatic rings. The molecule has 1 fully saturated rings. The number of nitrogens with two attached hydrogens (primary N) is 1. The lowest BCUT2D eigenvalue weighted by Crippen LogP contribution is -2.42. The van der Waals surface area contributed by atoms with E-state index in [9.17, 15) is 4.79 Å². The van der Waals surface area contributed by atoms with Crippen molar-refractivity contribution in [2.45, 2.75) is 24.9 Å². The van der Waals surface area contributed by atoms with E-state index in [1.54, 1.807) is 0 Å². The summed E-state index contributed by atoms with van der Waals surface area (Å²) in [5, 5.41) is 3.15. The summed E-state index contributed by atoms with van der Waals surface area (Å²) in [5.74, 6) is 0. The van der Waals surface area contributed by atoms with Crippen molar-refractivity contribution in [1.29, 1.82) is 0 Å². The number of carbonyl (C=O) groups is 1. The molecule has 1 unspecified atom stereocenters. The van der Waals surface area contributed by atoms with Gasteiger partial charge in [-0.3, -0.25) is 0 Å². The predicted molar refractivity (Wildman–Crippen MR) is 35.1 cm³/mol. The van der Waals surface area contributed by atoms with Gasteiger partial charge in [-0.2, -0.15) is 0 Å². The highest BCUT2D eigenvalue weighted by Crippen LogP contribution is 2.05. The first-order valence-electron chi connectivity index (χ1n) is 3.29. The van der Waals surface area contributed by atoms with Crippen LogP contribution in [0.5, 0.6) is 0 Å². The van der Waals surface area contributed by atoms with Gasteiger partial charge in [0.25, 0.3) is 0 Å². The molecule has 0 aromatic heterocycles. The highest BCUT2D eigenvalue weighted by atomic mass is 16.1. The van der Waals surface area contributed by atoms with E-state index in [0.29, 0.717) is 0 Å². The van der Waals surface area contributed by atoms with Gasteiger partial charge in [-0.15, -0.1) is 0 Å². The smallest absolute Gasteiger partial charge is 0.138 e. The van der Waals surface area contributed by atoms with Gasteiger partial charge in [-0.05, 0) is 19.4 Å². The lowest BCUT2D eigenvalue weighted by molar-refractivity contribution is -0.109. The van der Waals surface area contributed by atoms with Crippen LogP contribution in [0, 0.1) is 0 Å². The molecule has 0 aliphatic carbocycles. The molecule has 1 rings (SSSR count). The second-order valence-electron chi connectivity index (χ2n) is 2.42. The zero-order valence-corrected chi connectivity index (χ0v) is 5.34. The van der Waals surface area contributed by atoms with Crippen molar-refractivity contribution in [2.75, 3.05) is 6.54 Å². The SMILES string of the molecule is N[C@H](C=O)C1CCCN1. The van der Waals surface area contributed by atoms with Crippen LogP contribution in [-0.2, 0) is 4.79 Å². The molecule has 0 radical (unpaired) electrons. The minimum absolute atomic E-state index is 0.238. The van der Waals surface area contributed by atoms with Gasteiger partial charge in [0.15, 0.2) is 0 Å². The van der Waals surface area contributed by atoms with Crippen LogP contribution in [0.2, 0.25) is 0 Å². The van der Waals surface area contributed by atoms with Crippen LogP contribution in [0.4, 0.5) is 0 Å². The minimum Gasteiger partial charge on any atom is -0.320 e. The second-order valence-corrected chi connectivity index (χ2v) is 2.42. The number of hydrogen-bond donors (Lipinski definition) is 2. The summed E-state index contributed by atoms with van der Waals surface area (Å²) in [7, 11) is 0. The van der Waals surface area contributed by atoms with Crippen molar-refractivity contribution in [1.82, 2.24) is 5.32 Å². The van der Waals surface area contributed by atoms with E-state index in [1.807, 2.05) is 0 Å². The normalized spacial score (nSPS) is 30.1. The monoisotopic (exact) mass is 128 g/mol. The Labute approximate surface area is 54.6 Å². The Morgan fingerprint density at radius 1 is 1.78 bits per heavy atom. The molecule has 0 aromatic rings. The fraction of sp³-hybridized carbons (Fsp3) is 0.833. The van der Waals surface area contributed by atoms with E-state index in [-0.39, 0.29) is 12.1 Å². The molecule has 0 bridgehead atoms. The zero-order valence-electron chi connectivity index (χ0n) is 5.34. The molecule has 3 nitrogen and oxygen atoms in total. The molecule has 52 valence electrons. The summed E-state index contributed by atoms with van der Waals surface area (Å²) >= 11 is 0. The molecule has 0 saturated carbocycles. The summed E-state index contributed by atoms with van der Waals surface area (Å²) in [4.78, 5) is 10.1. The van der Waals surface area contributed by atoms with Crippen LogP contribution in [0.1, 0.15) is 12.8 Å². The Hall–Kier alpha value is -0.410. The van der Waals surface area contributed by atoms with Crippen molar-refractivity contribution in [3.63, 3.8) is 0 Å². The van der Waals surface area contributed by atoms with Crippen LogP contribution >= 0.6 is 0 Å². The first kappa shape index (κ1) is 6.71. The fourth-order valence-electron chi connectivity index (χ4n) is 1.13. The summed E-state index contributed by atoms with van der Waals surface area (Å²) in [5.41, 5.74) is 5.45. The summed E-state index contributed by atoms with van der Waals surface area (Å²) in [6, 6.07) is -0.0602. The molecule has 3 N–H and O–H groups in total. The van der Waals surface area contributed by atoms with Gasteiger partial charge < -0.3 is 15.8 Å². The van der Waals surface area contributed by atoms with Crippen LogP contribution < -0.4 is 11.1 Å².